The molecule has 0 spiro atoms. The van der Waals surface area contributed by atoms with Crippen molar-refractivity contribution in [2.24, 2.45) is 5.41 Å². The van der Waals surface area contributed by atoms with Crippen LogP contribution in [0.4, 0.5) is 0 Å². The molecule has 0 fully saturated rings. The summed E-state index contributed by atoms with van der Waals surface area (Å²) in [5.41, 5.74) is 0.191. The highest BCUT2D eigenvalue weighted by atomic mass is 35.5. The number of hydrogen-bond donors (Lipinski definition) is 0. The number of esters is 1. The predicted molar refractivity (Wildman–Crippen MR) is 55.0 cm³/mol. The Morgan fingerprint density at radius 3 is 2.00 bits per heavy atom. The van der Waals surface area contributed by atoms with Gasteiger partial charge in [-0.3, -0.25) is 4.79 Å². The molecular weight excluding hydrogens is 188 g/mol. The Bertz CT molecular complexity index is 174. The summed E-state index contributed by atoms with van der Waals surface area (Å²) in [4.78, 5) is 10.3. The number of alkyl halides is 1. The van der Waals surface area contributed by atoms with Gasteiger partial charge in [0.2, 0.25) is 0 Å². The van der Waals surface area contributed by atoms with Crippen molar-refractivity contribution >= 4 is 17.6 Å². The second kappa shape index (κ2) is 4.32. The van der Waals surface area contributed by atoms with Crippen molar-refractivity contribution in [2.75, 3.05) is 6.61 Å². The van der Waals surface area contributed by atoms with Gasteiger partial charge in [0.1, 0.15) is 4.87 Å². The molecule has 78 valence electrons. The molecule has 0 N–H and O–H groups in total. The van der Waals surface area contributed by atoms with E-state index in [-0.39, 0.29) is 11.4 Å². The maximum Gasteiger partial charge on any atom is 0.326 e. The van der Waals surface area contributed by atoms with Gasteiger partial charge in [-0.05, 0) is 25.7 Å². The van der Waals surface area contributed by atoms with E-state index in [2.05, 4.69) is 20.8 Å². The Balaban J connectivity index is 3.74. The first-order valence-corrected chi connectivity index (χ1v) is 4.87. The number of halogens is 1. The highest BCUT2D eigenvalue weighted by Gasteiger charge is 2.26. The standard InChI is InChI=1S/C10H19ClO2/c1-9(2,3)6-7-13-8(12)10(4,5)11/h6-7H2,1-5H3. The molecule has 0 heterocycles. The zero-order valence-electron chi connectivity index (χ0n) is 9.11. The number of ether oxygens (including phenoxy) is 1. The Morgan fingerprint density at radius 1 is 1.23 bits per heavy atom. The monoisotopic (exact) mass is 206 g/mol. The average Bonchev–Trinajstić information content (AvgIpc) is 1.82. The third-order valence-electron chi connectivity index (χ3n) is 1.57. The van der Waals surface area contributed by atoms with Gasteiger partial charge in [-0.1, -0.05) is 20.8 Å². The van der Waals surface area contributed by atoms with Gasteiger partial charge in [0.25, 0.3) is 0 Å². The highest BCUT2D eigenvalue weighted by molar-refractivity contribution is 6.33. The lowest BCUT2D eigenvalue weighted by Gasteiger charge is -2.19. The molecule has 0 saturated carbocycles. The molecule has 0 aromatic heterocycles. The number of rotatable bonds is 3. The summed E-state index contributed by atoms with van der Waals surface area (Å²) in [6.07, 6.45) is 0.853. The van der Waals surface area contributed by atoms with Crippen molar-refractivity contribution in [3.05, 3.63) is 0 Å². The molecule has 0 bridgehead atoms. The van der Waals surface area contributed by atoms with Crippen LogP contribution in [0, 0.1) is 5.41 Å². The Morgan fingerprint density at radius 2 is 1.69 bits per heavy atom. The van der Waals surface area contributed by atoms with Gasteiger partial charge in [0.05, 0.1) is 6.61 Å². The van der Waals surface area contributed by atoms with Crippen molar-refractivity contribution in [3.63, 3.8) is 0 Å². The van der Waals surface area contributed by atoms with Gasteiger partial charge in [-0.2, -0.15) is 0 Å². The third kappa shape index (κ3) is 6.88. The van der Waals surface area contributed by atoms with Crippen LogP contribution in [0.5, 0.6) is 0 Å². The summed E-state index contributed by atoms with van der Waals surface area (Å²) < 4.78 is 5.01. The molecule has 0 aromatic carbocycles. The van der Waals surface area contributed by atoms with Gasteiger partial charge in [0, 0.05) is 0 Å². The first-order chi connectivity index (χ1) is 5.63. The maximum absolute atomic E-state index is 11.2. The highest BCUT2D eigenvalue weighted by Crippen LogP contribution is 2.20. The van der Waals surface area contributed by atoms with Gasteiger partial charge in [-0.15, -0.1) is 11.6 Å². The van der Waals surface area contributed by atoms with Crippen LogP contribution in [0.3, 0.4) is 0 Å². The number of carbonyl (C=O) groups excluding carboxylic acids is 1. The second-order valence-electron chi connectivity index (χ2n) is 4.92. The molecule has 0 aromatic rings. The van der Waals surface area contributed by atoms with Gasteiger partial charge >= 0.3 is 5.97 Å². The van der Waals surface area contributed by atoms with Gasteiger partial charge in [0.15, 0.2) is 0 Å². The van der Waals surface area contributed by atoms with Crippen molar-refractivity contribution in [3.8, 4) is 0 Å². The van der Waals surface area contributed by atoms with Crippen LogP contribution in [-0.2, 0) is 9.53 Å². The van der Waals surface area contributed by atoms with Crippen LogP contribution >= 0.6 is 11.6 Å². The first-order valence-electron chi connectivity index (χ1n) is 4.49. The Kier molecular flexibility index (Phi) is 4.24. The van der Waals surface area contributed by atoms with E-state index in [1.54, 1.807) is 13.8 Å². The molecule has 0 saturated heterocycles. The van der Waals surface area contributed by atoms with E-state index in [9.17, 15) is 4.79 Å². The summed E-state index contributed by atoms with van der Waals surface area (Å²) in [5, 5.41) is 0. The molecule has 0 rings (SSSR count). The van der Waals surface area contributed by atoms with Crippen LogP contribution in [0.15, 0.2) is 0 Å². The minimum absolute atomic E-state index is 0.191. The summed E-state index contributed by atoms with van der Waals surface area (Å²) in [6, 6.07) is 0. The lowest BCUT2D eigenvalue weighted by atomic mass is 9.93. The molecule has 0 radical (unpaired) electrons. The van der Waals surface area contributed by atoms with Crippen LogP contribution in [0.2, 0.25) is 0 Å². The molecule has 0 aliphatic heterocycles. The van der Waals surface area contributed by atoms with Crippen LogP contribution in [0.25, 0.3) is 0 Å². The smallest absolute Gasteiger partial charge is 0.326 e. The van der Waals surface area contributed by atoms with Crippen LogP contribution in [0.1, 0.15) is 41.0 Å². The van der Waals surface area contributed by atoms with Crippen LogP contribution < -0.4 is 0 Å². The average molecular weight is 207 g/mol. The minimum Gasteiger partial charge on any atom is -0.464 e. The van der Waals surface area contributed by atoms with E-state index in [0.717, 1.165) is 6.42 Å². The summed E-state index contributed by atoms with van der Waals surface area (Å²) in [7, 11) is 0. The SMILES string of the molecule is CC(C)(C)CCOC(=O)C(C)(C)Cl. The molecule has 0 amide bonds. The van der Waals surface area contributed by atoms with E-state index in [0.29, 0.717) is 6.61 Å². The normalized spacial score (nSPS) is 12.8. The molecule has 0 aliphatic carbocycles. The van der Waals surface area contributed by atoms with E-state index in [1.807, 2.05) is 0 Å². The van der Waals surface area contributed by atoms with Gasteiger partial charge in [-0.25, -0.2) is 0 Å². The van der Waals surface area contributed by atoms with E-state index in [1.165, 1.54) is 0 Å². The fourth-order valence-electron chi connectivity index (χ4n) is 0.622. The van der Waals surface area contributed by atoms with Crippen molar-refractivity contribution in [1.82, 2.24) is 0 Å². The van der Waals surface area contributed by atoms with E-state index < -0.39 is 4.87 Å². The molecule has 0 aliphatic rings. The summed E-state index contributed by atoms with van der Waals surface area (Å²) in [5.74, 6) is -0.349. The van der Waals surface area contributed by atoms with Crippen molar-refractivity contribution in [1.29, 1.82) is 0 Å². The number of carbonyl (C=O) groups is 1. The maximum atomic E-state index is 11.2. The summed E-state index contributed by atoms with van der Waals surface area (Å²) in [6.45, 7) is 10.0. The predicted octanol–water partition coefficient (Wildman–Crippen LogP) is 2.98. The lowest BCUT2D eigenvalue weighted by molar-refractivity contribution is -0.146. The second-order valence-corrected chi connectivity index (χ2v) is 5.86. The Labute approximate surface area is 85.6 Å². The fraction of sp³-hybridized carbons (Fsp3) is 0.900. The van der Waals surface area contributed by atoms with Gasteiger partial charge < -0.3 is 4.74 Å². The minimum atomic E-state index is -0.905. The molecule has 2 nitrogen and oxygen atoms in total. The third-order valence-corrected chi connectivity index (χ3v) is 1.72. The zero-order valence-corrected chi connectivity index (χ0v) is 9.86. The fourth-order valence-corrected chi connectivity index (χ4v) is 0.676. The topological polar surface area (TPSA) is 26.3 Å². The van der Waals surface area contributed by atoms with Crippen molar-refractivity contribution in [2.45, 2.75) is 45.9 Å². The molecule has 13 heavy (non-hydrogen) atoms. The number of hydrogen-bond acceptors (Lipinski definition) is 2. The zero-order chi connectivity index (χ0) is 10.7. The quantitative estimate of drug-likeness (QED) is 0.524. The van der Waals surface area contributed by atoms with E-state index in [4.69, 9.17) is 16.3 Å². The molecule has 0 unspecified atom stereocenters. The molecule has 0 atom stereocenters. The Hall–Kier alpha value is -0.240. The molecule has 3 heteroatoms. The first kappa shape index (κ1) is 12.8. The lowest BCUT2D eigenvalue weighted by Crippen LogP contribution is -2.28. The van der Waals surface area contributed by atoms with Crippen molar-refractivity contribution < 1.29 is 9.53 Å². The largest absolute Gasteiger partial charge is 0.464 e. The van der Waals surface area contributed by atoms with Crippen LogP contribution in [-0.4, -0.2) is 17.5 Å². The molecular formula is C10H19ClO2. The van der Waals surface area contributed by atoms with E-state index >= 15 is 0 Å². The summed E-state index contributed by atoms with van der Waals surface area (Å²) >= 11 is 5.76.